The van der Waals surface area contributed by atoms with Crippen LogP contribution in [0.3, 0.4) is 0 Å². The topological polar surface area (TPSA) is 47.9 Å². The van der Waals surface area contributed by atoms with Crippen LogP contribution in [0.5, 0.6) is 11.5 Å². The first-order valence-electron chi connectivity index (χ1n) is 4.22. The van der Waals surface area contributed by atoms with Crippen LogP contribution in [0.25, 0.3) is 0 Å². The summed E-state index contributed by atoms with van der Waals surface area (Å²) in [4.78, 5) is 0. The van der Waals surface area contributed by atoms with Gasteiger partial charge in [-0.3, -0.25) is 0 Å². The van der Waals surface area contributed by atoms with Gasteiger partial charge in [0.15, 0.2) is 6.79 Å². The standard InChI is InChI=1S/C10H14O4/c1-12-7-14-10-5-3-4-9(13-2)8(10)6-11/h3-5,11H,6-7H2,1-2H3. The van der Waals surface area contributed by atoms with Gasteiger partial charge in [0.2, 0.25) is 0 Å². The van der Waals surface area contributed by atoms with Crippen LogP contribution in [-0.4, -0.2) is 26.1 Å². The second kappa shape index (κ2) is 5.47. The van der Waals surface area contributed by atoms with Crippen LogP contribution < -0.4 is 9.47 Å². The van der Waals surface area contributed by atoms with E-state index in [0.717, 1.165) is 0 Å². The molecule has 0 saturated heterocycles. The Morgan fingerprint density at radius 2 is 1.93 bits per heavy atom. The maximum absolute atomic E-state index is 9.13. The highest BCUT2D eigenvalue weighted by molar-refractivity contribution is 5.44. The number of benzene rings is 1. The summed E-state index contributed by atoms with van der Waals surface area (Å²) in [6.07, 6.45) is 0. The summed E-state index contributed by atoms with van der Waals surface area (Å²) >= 11 is 0. The molecule has 0 spiro atoms. The lowest BCUT2D eigenvalue weighted by molar-refractivity contribution is 0.0492. The predicted octanol–water partition coefficient (Wildman–Crippen LogP) is 1.17. The lowest BCUT2D eigenvalue weighted by atomic mass is 10.2. The molecule has 0 radical (unpaired) electrons. The monoisotopic (exact) mass is 198 g/mol. The van der Waals surface area contributed by atoms with Crippen molar-refractivity contribution in [3.05, 3.63) is 23.8 Å². The molecule has 78 valence electrons. The Labute approximate surface area is 83.0 Å². The van der Waals surface area contributed by atoms with Gasteiger partial charge in [-0.2, -0.15) is 0 Å². The van der Waals surface area contributed by atoms with Crippen molar-refractivity contribution in [2.75, 3.05) is 21.0 Å². The van der Waals surface area contributed by atoms with Crippen molar-refractivity contribution in [3.8, 4) is 11.5 Å². The number of ether oxygens (including phenoxy) is 3. The van der Waals surface area contributed by atoms with E-state index in [1.54, 1.807) is 32.4 Å². The number of rotatable bonds is 5. The van der Waals surface area contributed by atoms with E-state index in [9.17, 15) is 0 Å². The van der Waals surface area contributed by atoms with E-state index < -0.39 is 0 Å². The van der Waals surface area contributed by atoms with Crippen LogP contribution in [0.2, 0.25) is 0 Å². The lowest BCUT2D eigenvalue weighted by Crippen LogP contribution is -2.03. The summed E-state index contributed by atoms with van der Waals surface area (Å²) in [7, 11) is 3.09. The van der Waals surface area contributed by atoms with Crippen LogP contribution in [0.1, 0.15) is 5.56 Å². The highest BCUT2D eigenvalue weighted by Gasteiger charge is 2.08. The number of hydrogen-bond donors (Lipinski definition) is 1. The van der Waals surface area contributed by atoms with Gasteiger partial charge in [0.1, 0.15) is 11.5 Å². The molecule has 1 rings (SSSR count). The molecule has 0 atom stereocenters. The zero-order valence-corrected chi connectivity index (χ0v) is 8.32. The van der Waals surface area contributed by atoms with Gasteiger partial charge in [-0.1, -0.05) is 6.07 Å². The SMILES string of the molecule is COCOc1cccc(OC)c1CO. The molecule has 0 fully saturated rings. The summed E-state index contributed by atoms with van der Waals surface area (Å²) in [5.74, 6) is 1.19. The van der Waals surface area contributed by atoms with Crippen LogP contribution in [0, 0.1) is 0 Å². The van der Waals surface area contributed by atoms with E-state index >= 15 is 0 Å². The van der Waals surface area contributed by atoms with E-state index in [1.165, 1.54) is 0 Å². The molecule has 1 aromatic rings. The van der Waals surface area contributed by atoms with Crippen LogP contribution >= 0.6 is 0 Å². The largest absolute Gasteiger partial charge is 0.496 e. The smallest absolute Gasteiger partial charge is 0.188 e. The fraction of sp³-hybridized carbons (Fsp3) is 0.400. The van der Waals surface area contributed by atoms with Crippen molar-refractivity contribution in [2.45, 2.75) is 6.61 Å². The fourth-order valence-corrected chi connectivity index (χ4v) is 1.15. The molecule has 1 N–H and O–H groups in total. The fourth-order valence-electron chi connectivity index (χ4n) is 1.15. The van der Waals surface area contributed by atoms with Crippen LogP contribution in [0.15, 0.2) is 18.2 Å². The predicted molar refractivity (Wildman–Crippen MR) is 51.4 cm³/mol. The normalized spacial score (nSPS) is 9.93. The maximum Gasteiger partial charge on any atom is 0.188 e. The molecule has 0 saturated carbocycles. The molecular weight excluding hydrogens is 184 g/mol. The number of hydrogen-bond acceptors (Lipinski definition) is 4. The van der Waals surface area contributed by atoms with Crippen molar-refractivity contribution in [2.24, 2.45) is 0 Å². The summed E-state index contributed by atoms with van der Waals surface area (Å²) in [6.45, 7) is 0.0310. The highest BCUT2D eigenvalue weighted by atomic mass is 16.7. The van der Waals surface area contributed by atoms with E-state index in [0.29, 0.717) is 17.1 Å². The summed E-state index contributed by atoms with van der Waals surface area (Å²) < 4.78 is 15.1. The first-order valence-corrected chi connectivity index (χ1v) is 4.22. The highest BCUT2D eigenvalue weighted by Crippen LogP contribution is 2.28. The Kier molecular flexibility index (Phi) is 4.22. The molecule has 0 heterocycles. The van der Waals surface area contributed by atoms with Crippen molar-refractivity contribution in [1.82, 2.24) is 0 Å². The van der Waals surface area contributed by atoms with Gasteiger partial charge in [0.25, 0.3) is 0 Å². The van der Waals surface area contributed by atoms with Gasteiger partial charge in [0, 0.05) is 7.11 Å². The lowest BCUT2D eigenvalue weighted by Gasteiger charge is -2.12. The van der Waals surface area contributed by atoms with Crippen molar-refractivity contribution >= 4 is 0 Å². The minimum absolute atomic E-state index is 0.122. The summed E-state index contributed by atoms with van der Waals surface area (Å²) in [5, 5.41) is 9.13. The molecule has 0 aliphatic rings. The van der Waals surface area contributed by atoms with Crippen molar-refractivity contribution in [3.63, 3.8) is 0 Å². The minimum atomic E-state index is -0.122. The van der Waals surface area contributed by atoms with Gasteiger partial charge in [-0.05, 0) is 12.1 Å². The van der Waals surface area contributed by atoms with Crippen LogP contribution in [0.4, 0.5) is 0 Å². The third-order valence-electron chi connectivity index (χ3n) is 1.80. The van der Waals surface area contributed by atoms with Gasteiger partial charge in [0.05, 0.1) is 19.3 Å². The van der Waals surface area contributed by atoms with Crippen molar-refractivity contribution in [1.29, 1.82) is 0 Å². The maximum atomic E-state index is 9.13. The minimum Gasteiger partial charge on any atom is -0.496 e. The van der Waals surface area contributed by atoms with Gasteiger partial charge in [-0.15, -0.1) is 0 Å². The van der Waals surface area contributed by atoms with Gasteiger partial charge < -0.3 is 19.3 Å². The summed E-state index contributed by atoms with van der Waals surface area (Å²) in [6, 6.07) is 5.32. The van der Waals surface area contributed by atoms with Gasteiger partial charge in [-0.25, -0.2) is 0 Å². The van der Waals surface area contributed by atoms with E-state index in [-0.39, 0.29) is 13.4 Å². The summed E-state index contributed by atoms with van der Waals surface area (Å²) in [5.41, 5.74) is 0.632. The number of aliphatic hydroxyl groups excluding tert-OH is 1. The number of aliphatic hydroxyl groups is 1. The molecule has 0 amide bonds. The first-order chi connectivity index (χ1) is 6.83. The molecule has 0 aromatic heterocycles. The second-order valence-electron chi connectivity index (χ2n) is 2.65. The Bertz CT molecular complexity index is 285. The molecule has 4 nitrogen and oxygen atoms in total. The Morgan fingerprint density at radius 3 is 2.50 bits per heavy atom. The Morgan fingerprint density at radius 1 is 1.21 bits per heavy atom. The van der Waals surface area contributed by atoms with E-state index in [1.807, 2.05) is 0 Å². The quantitative estimate of drug-likeness (QED) is 0.721. The molecule has 14 heavy (non-hydrogen) atoms. The van der Waals surface area contributed by atoms with Gasteiger partial charge >= 0.3 is 0 Å². The van der Waals surface area contributed by atoms with E-state index in [4.69, 9.17) is 19.3 Å². The van der Waals surface area contributed by atoms with Crippen molar-refractivity contribution < 1.29 is 19.3 Å². The molecule has 0 unspecified atom stereocenters. The zero-order chi connectivity index (χ0) is 10.4. The van der Waals surface area contributed by atoms with E-state index in [2.05, 4.69) is 0 Å². The molecular formula is C10H14O4. The first kappa shape index (κ1) is 10.8. The average Bonchev–Trinajstić information content (AvgIpc) is 2.25. The third-order valence-corrected chi connectivity index (χ3v) is 1.80. The molecule has 1 aromatic carbocycles. The second-order valence-corrected chi connectivity index (χ2v) is 2.65. The number of methoxy groups -OCH3 is 2. The molecule has 4 heteroatoms. The Hall–Kier alpha value is -1.26. The average molecular weight is 198 g/mol. The molecule has 0 aliphatic heterocycles. The third kappa shape index (κ3) is 2.37. The molecule has 0 aliphatic carbocycles. The zero-order valence-electron chi connectivity index (χ0n) is 8.32. The Balaban J connectivity index is 2.90. The van der Waals surface area contributed by atoms with Crippen LogP contribution in [-0.2, 0) is 11.3 Å². The molecule has 0 bridgehead atoms.